The molecule has 6 atom stereocenters. The van der Waals surface area contributed by atoms with Crippen LogP contribution in [0.15, 0.2) is 28.6 Å². The Morgan fingerprint density at radius 2 is 1.90 bits per heavy atom. The maximum atomic E-state index is 12.1. The molecule has 40 heavy (non-hydrogen) atoms. The first-order valence-electron chi connectivity index (χ1n) is 12.1. The number of hydrogen-bond acceptors (Lipinski definition) is 13. The normalized spacial score (nSPS) is 15.3. The zero-order chi connectivity index (χ0) is 28.6. The summed E-state index contributed by atoms with van der Waals surface area (Å²) in [5.74, 6) is -0.124. The SMILES string of the molecule is COC(C[C@@H](OO)n1cnc2c(=O)[nH]c(N)nc21)OPCC[C@@H](Cn1cnc2c(=O)[nH]cnc21)[C@@H](COP)OC. The summed E-state index contributed by atoms with van der Waals surface area (Å²) >= 11 is 0. The Morgan fingerprint density at radius 1 is 1.12 bits per heavy atom. The number of H-pyrrole nitrogens is 2. The van der Waals surface area contributed by atoms with E-state index in [1.54, 1.807) is 13.4 Å². The van der Waals surface area contributed by atoms with Gasteiger partial charge in [-0.25, -0.2) is 25.1 Å². The van der Waals surface area contributed by atoms with Gasteiger partial charge in [0, 0.05) is 51.4 Å². The van der Waals surface area contributed by atoms with Crippen LogP contribution in [0, 0.1) is 5.92 Å². The van der Waals surface area contributed by atoms with Gasteiger partial charge in [0.2, 0.25) is 5.95 Å². The van der Waals surface area contributed by atoms with E-state index in [9.17, 15) is 14.8 Å². The summed E-state index contributed by atoms with van der Waals surface area (Å²) in [6.45, 7) is 0.827. The average molecular weight is 599 g/mol. The monoisotopic (exact) mass is 599 g/mol. The number of nitrogens with zero attached hydrogens (tertiary/aromatic N) is 6. The van der Waals surface area contributed by atoms with Crippen molar-refractivity contribution in [2.45, 2.75) is 38.0 Å². The smallest absolute Gasteiger partial charge is 0.280 e. The van der Waals surface area contributed by atoms with Crippen LogP contribution in [0.5, 0.6) is 0 Å². The number of ether oxygens (including phenoxy) is 2. The number of aromatic amines is 2. The van der Waals surface area contributed by atoms with Gasteiger partial charge in [-0.1, -0.05) is 0 Å². The van der Waals surface area contributed by atoms with Crippen LogP contribution in [0.25, 0.3) is 22.3 Å². The van der Waals surface area contributed by atoms with Gasteiger partial charge in [0.25, 0.3) is 11.1 Å². The van der Waals surface area contributed by atoms with Crippen molar-refractivity contribution in [3.8, 4) is 0 Å². The summed E-state index contributed by atoms with van der Waals surface area (Å²) in [5, 5.41) is 9.57. The number of rotatable bonds is 16. The lowest BCUT2D eigenvalue weighted by Crippen LogP contribution is -2.31. The van der Waals surface area contributed by atoms with E-state index in [-0.39, 0.29) is 55.4 Å². The Kier molecular flexibility index (Phi) is 10.6. The Bertz CT molecular complexity index is 1510. The van der Waals surface area contributed by atoms with E-state index in [1.807, 2.05) is 4.57 Å². The first-order valence-corrected chi connectivity index (χ1v) is 13.7. The summed E-state index contributed by atoms with van der Waals surface area (Å²) in [5.41, 5.74) is 5.77. The van der Waals surface area contributed by atoms with Gasteiger partial charge in [-0.05, 0) is 12.6 Å². The highest BCUT2D eigenvalue weighted by Crippen LogP contribution is 2.28. The predicted molar refractivity (Wildman–Crippen MR) is 148 cm³/mol. The van der Waals surface area contributed by atoms with Gasteiger partial charge >= 0.3 is 0 Å². The minimum atomic E-state index is -1.01. The van der Waals surface area contributed by atoms with E-state index in [1.165, 1.54) is 24.3 Å². The van der Waals surface area contributed by atoms with Crippen LogP contribution in [-0.2, 0) is 30.0 Å². The van der Waals surface area contributed by atoms with Crippen molar-refractivity contribution >= 4 is 46.6 Å². The van der Waals surface area contributed by atoms with Gasteiger partial charge in [-0.3, -0.25) is 19.1 Å². The lowest BCUT2D eigenvalue weighted by atomic mass is 9.99. The largest absolute Gasteiger partial charge is 0.379 e. The third-order valence-electron chi connectivity index (χ3n) is 6.30. The number of anilines is 1. The minimum absolute atomic E-state index is 0.0245. The molecule has 4 heterocycles. The first kappa shape index (κ1) is 30.1. The van der Waals surface area contributed by atoms with Crippen LogP contribution in [-0.4, -0.2) is 83.7 Å². The molecule has 5 N–H and O–H groups in total. The molecule has 0 saturated carbocycles. The van der Waals surface area contributed by atoms with Crippen LogP contribution in [0.1, 0.15) is 19.1 Å². The maximum absolute atomic E-state index is 12.1. The van der Waals surface area contributed by atoms with Gasteiger partial charge in [0.15, 0.2) is 34.8 Å². The summed E-state index contributed by atoms with van der Waals surface area (Å²) in [7, 11) is 5.33. The fourth-order valence-electron chi connectivity index (χ4n) is 4.28. The van der Waals surface area contributed by atoms with E-state index < -0.39 is 18.1 Å². The molecule has 0 saturated heterocycles. The number of nitrogens with two attached hydrogens (primary N) is 1. The second-order valence-corrected chi connectivity index (χ2v) is 10.1. The van der Waals surface area contributed by atoms with Gasteiger partial charge in [0.1, 0.15) is 0 Å². The fraction of sp³-hybridized carbons (Fsp3) is 0.524. The molecule has 0 aliphatic carbocycles. The quantitative estimate of drug-likeness (QED) is 0.0457. The Labute approximate surface area is 230 Å². The molecule has 0 bridgehead atoms. The topological polar surface area (TPSA) is 220 Å². The molecule has 19 heteroatoms. The molecule has 0 aliphatic rings. The molecule has 0 amide bonds. The van der Waals surface area contributed by atoms with Crippen LogP contribution in [0.4, 0.5) is 5.95 Å². The minimum Gasteiger partial charge on any atom is -0.379 e. The van der Waals surface area contributed by atoms with Crippen molar-refractivity contribution in [3.05, 3.63) is 39.7 Å². The number of aromatic nitrogens is 8. The van der Waals surface area contributed by atoms with Gasteiger partial charge in [-0.15, -0.1) is 0 Å². The predicted octanol–water partition coefficient (Wildman–Crippen LogP) is 0.624. The standard InChI is InChI=1S/C21H31N9O8P2/c1-34-12(7-36-39)11(6-29-9-25-15-17(29)23-8-24-19(15)31)3-4-40-38-14(35-2)5-13(37-33)30-10-26-16-18(30)27-21(22)28-20(16)32/h8-14,33,40H,3-7,39H2,1-2H3,(H,23,24,31)(H3,22,27,28,32)/t11-,12+,13+,14?/m0/s1. The van der Waals surface area contributed by atoms with E-state index in [0.29, 0.717) is 31.4 Å². The van der Waals surface area contributed by atoms with E-state index >= 15 is 0 Å². The van der Waals surface area contributed by atoms with Crippen LogP contribution in [0.3, 0.4) is 0 Å². The number of nitrogens with one attached hydrogen (secondary N) is 2. The Hall–Kier alpha value is -2.88. The molecule has 0 aliphatic heterocycles. The number of fused-ring (bicyclic) bond motifs is 2. The molecule has 3 unspecified atom stereocenters. The van der Waals surface area contributed by atoms with Crippen molar-refractivity contribution in [1.29, 1.82) is 0 Å². The number of methoxy groups -OCH3 is 2. The molecule has 17 nitrogen and oxygen atoms in total. The van der Waals surface area contributed by atoms with Crippen molar-refractivity contribution in [2.24, 2.45) is 5.92 Å². The lowest BCUT2D eigenvalue weighted by Gasteiger charge is -2.26. The van der Waals surface area contributed by atoms with Crippen molar-refractivity contribution in [1.82, 2.24) is 39.0 Å². The molecule has 0 fully saturated rings. The van der Waals surface area contributed by atoms with Crippen molar-refractivity contribution in [3.63, 3.8) is 0 Å². The van der Waals surface area contributed by atoms with Crippen molar-refractivity contribution in [2.75, 3.05) is 32.7 Å². The summed E-state index contributed by atoms with van der Waals surface area (Å²) < 4.78 is 25.5. The first-order chi connectivity index (χ1) is 19.4. The third kappa shape index (κ3) is 6.87. The highest BCUT2D eigenvalue weighted by Gasteiger charge is 2.25. The van der Waals surface area contributed by atoms with E-state index in [0.717, 1.165) is 0 Å². The van der Waals surface area contributed by atoms with Gasteiger partial charge in [0.05, 0.1) is 31.7 Å². The zero-order valence-electron chi connectivity index (χ0n) is 21.7. The zero-order valence-corrected chi connectivity index (χ0v) is 23.9. The van der Waals surface area contributed by atoms with Crippen molar-refractivity contribution < 1.29 is 28.7 Å². The number of nitrogen functional groups attached to an aromatic ring is 1. The molecule has 0 spiro atoms. The molecule has 4 aromatic rings. The molecule has 218 valence electrons. The Balaban J connectivity index is 1.39. The molecule has 0 aromatic carbocycles. The molecular formula is C21H31N9O8P2. The average Bonchev–Trinajstić information content (AvgIpc) is 3.56. The Morgan fingerprint density at radius 3 is 2.62 bits per heavy atom. The lowest BCUT2D eigenvalue weighted by molar-refractivity contribution is -0.310. The summed E-state index contributed by atoms with van der Waals surface area (Å²) in [6, 6.07) is 0. The molecule has 4 rings (SSSR count). The summed E-state index contributed by atoms with van der Waals surface area (Å²) in [6.07, 6.45) is 3.62. The van der Waals surface area contributed by atoms with E-state index in [2.05, 4.69) is 44.3 Å². The molecule has 0 radical (unpaired) electrons. The third-order valence-corrected chi connectivity index (χ3v) is 7.41. The van der Waals surface area contributed by atoms with E-state index in [4.69, 9.17) is 24.3 Å². The number of hydrogen-bond donors (Lipinski definition) is 4. The summed E-state index contributed by atoms with van der Waals surface area (Å²) in [4.78, 5) is 50.2. The van der Waals surface area contributed by atoms with Crippen LogP contribution in [0.2, 0.25) is 0 Å². The molecule has 4 aromatic heterocycles. The van der Waals surface area contributed by atoms with Crippen LogP contribution < -0.4 is 16.9 Å². The maximum Gasteiger partial charge on any atom is 0.280 e. The second kappa shape index (κ2) is 14.1. The highest BCUT2D eigenvalue weighted by molar-refractivity contribution is 7.32. The molecular weight excluding hydrogens is 568 g/mol. The fourth-order valence-corrected chi connectivity index (χ4v) is 5.45. The van der Waals surface area contributed by atoms with Gasteiger partial charge in [-0.2, -0.15) is 4.98 Å². The number of imidazole rings is 2. The highest BCUT2D eigenvalue weighted by atomic mass is 31.1. The van der Waals surface area contributed by atoms with Gasteiger partial charge < -0.3 is 33.8 Å². The van der Waals surface area contributed by atoms with Crippen LogP contribution >= 0.6 is 18.3 Å². The second-order valence-electron chi connectivity index (χ2n) is 8.71.